The van der Waals surface area contributed by atoms with Gasteiger partial charge in [-0.25, -0.2) is 0 Å². The van der Waals surface area contributed by atoms with Crippen molar-refractivity contribution in [3.63, 3.8) is 0 Å². The number of halogens is 3. The van der Waals surface area contributed by atoms with Crippen molar-refractivity contribution in [3.8, 4) is 0 Å². The summed E-state index contributed by atoms with van der Waals surface area (Å²) in [5.74, 6) is 0. The SMILES string of the molecule is O=[N+]([O-])C1=C[AsH]C(C(F)(F)F)=C1. The van der Waals surface area contributed by atoms with Gasteiger partial charge in [0.25, 0.3) is 0 Å². The van der Waals surface area contributed by atoms with Crippen LogP contribution in [0.5, 0.6) is 0 Å². The van der Waals surface area contributed by atoms with E-state index in [0.29, 0.717) is 6.08 Å². The van der Waals surface area contributed by atoms with Gasteiger partial charge in [0.1, 0.15) is 0 Å². The first-order chi connectivity index (χ1) is 5.41. The van der Waals surface area contributed by atoms with Crippen molar-refractivity contribution in [2.75, 3.05) is 0 Å². The fraction of sp³-hybridized carbons (Fsp3) is 0.200. The molecular weight excluding hydrogens is 238 g/mol. The van der Waals surface area contributed by atoms with Crippen molar-refractivity contribution in [2.24, 2.45) is 0 Å². The number of rotatable bonds is 1. The number of alkyl halides is 3. The van der Waals surface area contributed by atoms with Gasteiger partial charge in [-0.05, 0) is 0 Å². The van der Waals surface area contributed by atoms with Crippen molar-refractivity contribution < 1.29 is 18.1 Å². The second kappa shape index (κ2) is 2.93. The molecule has 0 spiro atoms. The van der Waals surface area contributed by atoms with Crippen molar-refractivity contribution in [2.45, 2.75) is 6.18 Å². The number of hydrogen-bond acceptors (Lipinski definition) is 2. The van der Waals surface area contributed by atoms with Gasteiger partial charge in [-0.2, -0.15) is 0 Å². The first-order valence-corrected chi connectivity index (χ1v) is 5.07. The Bertz CT molecular complexity index is 281. The van der Waals surface area contributed by atoms with Crippen LogP contribution in [0.4, 0.5) is 13.2 Å². The molecule has 1 aliphatic rings. The van der Waals surface area contributed by atoms with Gasteiger partial charge in [0, 0.05) is 0 Å². The van der Waals surface area contributed by atoms with Crippen LogP contribution in [0.15, 0.2) is 21.0 Å². The Morgan fingerprint density at radius 2 is 2.08 bits per heavy atom. The minimum absolute atomic E-state index is 0.428. The van der Waals surface area contributed by atoms with E-state index < -0.39 is 36.9 Å². The van der Waals surface area contributed by atoms with Crippen LogP contribution >= 0.6 is 0 Å². The Labute approximate surface area is 71.8 Å². The monoisotopic (exact) mass is 241 g/mol. The zero-order valence-electron chi connectivity index (χ0n) is 5.55. The predicted molar refractivity (Wildman–Crippen MR) is 36.4 cm³/mol. The van der Waals surface area contributed by atoms with Crippen molar-refractivity contribution in [3.05, 3.63) is 31.1 Å². The quantitative estimate of drug-likeness (QED) is 0.390. The molecule has 7 heteroatoms. The first-order valence-electron chi connectivity index (χ1n) is 2.81. The number of allylic oxidation sites excluding steroid dienone is 2. The molecule has 1 rings (SSSR count). The van der Waals surface area contributed by atoms with E-state index in [0.717, 1.165) is 4.86 Å². The summed E-state index contributed by atoms with van der Waals surface area (Å²) in [6, 6.07) is 0. The molecule has 0 N–H and O–H groups in total. The summed E-state index contributed by atoms with van der Waals surface area (Å²) < 4.78 is 35.0. The second-order valence-electron chi connectivity index (χ2n) is 2.03. The normalized spacial score (nSPS) is 19.2. The molecular formula is C5H3AsF3NO2. The molecule has 1 atom stereocenters. The molecule has 0 bridgehead atoms. The number of hydrogen-bond donors (Lipinski definition) is 0. The second-order valence-corrected chi connectivity index (χ2v) is 4.37. The van der Waals surface area contributed by atoms with E-state index in [1.807, 2.05) is 0 Å². The number of nitrogens with zero attached hydrogens (tertiary/aromatic N) is 1. The average molecular weight is 241 g/mol. The molecule has 0 fully saturated rings. The molecule has 0 aromatic heterocycles. The Morgan fingerprint density at radius 1 is 1.50 bits per heavy atom. The van der Waals surface area contributed by atoms with E-state index in [9.17, 15) is 23.3 Å². The van der Waals surface area contributed by atoms with E-state index in [-0.39, 0.29) is 0 Å². The van der Waals surface area contributed by atoms with E-state index in [2.05, 4.69) is 0 Å². The van der Waals surface area contributed by atoms with Crippen LogP contribution in [0, 0.1) is 10.1 Å². The van der Waals surface area contributed by atoms with Gasteiger partial charge in [-0.15, -0.1) is 0 Å². The molecule has 0 radical (unpaired) electrons. The van der Waals surface area contributed by atoms with Gasteiger partial charge >= 0.3 is 71.1 Å². The van der Waals surface area contributed by atoms with Crippen molar-refractivity contribution in [1.29, 1.82) is 0 Å². The van der Waals surface area contributed by atoms with Crippen LogP contribution in [0.25, 0.3) is 0 Å². The summed E-state index contributed by atoms with van der Waals surface area (Å²) in [7, 11) is 0. The fourth-order valence-corrected chi connectivity index (χ4v) is 2.51. The van der Waals surface area contributed by atoms with Crippen molar-refractivity contribution in [1.82, 2.24) is 0 Å². The van der Waals surface area contributed by atoms with Crippen LogP contribution in [0.3, 0.4) is 0 Å². The summed E-state index contributed by atoms with van der Waals surface area (Å²) in [5.41, 5.74) is -0.428. The van der Waals surface area contributed by atoms with Crippen molar-refractivity contribution >= 4 is 15.8 Å². The summed E-state index contributed by atoms with van der Waals surface area (Å²) in [6.07, 6.45) is -3.78. The molecule has 0 aliphatic carbocycles. The van der Waals surface area contributed by atoms with Crippen LogP contribution < -0.4 is 0 Å². The maximum absolute atomic E-state index is 11.9. The molecule has 1 heterocycles. The van der Waals surface area contributed by atoms with Gasteiger partial charge in [-0.1, -0.05) is 0 Å². The molecule has 3 nitrogen and oxygen atoms in total. The topological polar surface area (TPSA) is 43.1 Å². The molecule has 1 unspecified atom stereocenters. The van der Waals surface area contributed by atoms with Gasteiger partial charge in [0.2, 0.25) is 0 Å². The Balaban J connectivity index is 2.81. The molecule has 12 heavy (non-hydrogen) atoms. The van der Waals surface area contributed by atoms with Gasteiger partial charge in [0.15, 0.2) is 0 Å². The zero-order valence-corrected chi connectivity index (χ0v) is 7.65. The molecule has 0 saturated heterocycles. The molecule has 66 valence electrons. The van der Waals surface area contributed by atoms with E-state index in [1.165, 1.54) is 0 Å². The van der Waals surface area contributed by atoms with Crippen LogP contribution in [0.2, 0.25) is 0 Å². The Morgan fingerprint density at radius 3 is 2.33 bits per heavy atom. The third-order valence-electron chi connectivity index (χ3n) is 1.18. The minimum atomic E-state index is -4.39. The van der Waals surface area contributed by atoms with E-state index in [1.54, 1.807) is 0 Å². The average Bonchev–Trinajstić information content (AvgIpc) is 2.30. The summed E-state index contributed by atoms with van der Waals surface area (Å²) >= 11 is -1.48. The third-order valence-corrected chi connectivity index (χ3v) is 3.66. The molecule has 0 aromatic carbocycles. The Kier molecular flexibility index (Phi) is 2.28. The van der Waals surface area contributed by atoms with Gasteiger partial charge in [0.05, 0.1) is 0 Å². The van der Waals surface area contributed by atoms with Crippen LogP contribution in [-0.2, 0) is 0 Å². The Hall–Kier alpha value is -0.772. The molecule has 0 aromatic rings. The first kappa shape index (κ1) is 9.32. The number of nitro groups is 1. The summed E-state index contributed by atoms with van der Waals surface area (Å²) in [4.78, 5) is 10.3. The van der Waals surface area contributed by atoms with Gasteiger partial charge < -0.3 is 0 Å². The van der Waals surface area contributed by atoms with Crippen LogP contribution in [0.1, 0.15) is 0 Å². The molecule has 1 aliphatic heterocycles. The summed E-state index contributed by atoms with van der Waals surface area (Å²) in [5, 5.41) is 10.0. The zero-order chi connectivity index (χ0) is 9.35. The van der Waals surface area contributed by atoms with Crippen LogP contribution in [-0.4, -0.2) is 26.9 Å². The molecule has 0 saturated carbocycles. The predicted octanol–water partition coefficient (Wildman–Crippen LogP) is 1.00. The van der Waals surface area contributed by atoms with E-state index in [4.69, 9.17) is 0 Å². The maximum atomic E-state index is 11.9. The summed E-state index contributed by atoms with van der Waals surface area (Å²) in [6.45, 7) is 0. The van der Waals surface area contributed by atoms with E-state index >= 15 is 0 Å². The fourth-order valence-electron chi connectivity index (χ4n) is 0.652. The standard InChI is InChI=1S/C5H3AsF3NO2/c7-5(8,9)4-1-3(2-6-4)10(11)12/h1-2,6H. The van der Waals surface area contributed by atoms with Gasteiger partial charge in [-0.3, -0.25) is 0 Å². The molecule has 0 amide bonds. The third kappa shape index (κ3) is 1.88.